The summed E-state index contributed by atoms with van der Waals surface area (Å²) in [4.78, 5) is 0. The van der Waals surface area contributed by atoms with Crippen LogP contribution in [0.2, 0.25) is 0 Å². The van der Waals surface area contributed by atoms with Crippen LogP contribution in [0.3, 0.4) is 0 Å². The molecule has 0 aliphatic carbocycles. The summed E-state index contributed by atoms with van der Waals surface area (Å²) in [6.07, 6.45) is -12.3. The maximum atomic E-state index is 14.8. The van der Waals surface area contributed by atoms with Crippen molar-refractivity contribution in [3.63, 3.8) is 0 Å². The third-order valence-corrected chi connectivity index (χ3v) is 4.64. The quantitative estimate of drug-likeness (QED) is 0.340. The van der Waals surface area contributed by atoms with Crippen LogP contribution in [-0.4, -0.2) is 12.4 Å². The number of nitrogens with zero attached hydrogens (tertiary/aromatic N) is 1. The second kappa shape index (κ2) is 7.30. The molecule has 0 fully saturated rings. The minimum Gasteiger partial charge on any atom is -0.218 e. The molecule has 0 aromatic heterocycles. The standard InChI is InChI=1S/C18H11F7IN/c1-2-11-7-13(26)8-14(16(19,17(20,21)22)18(23,24)25)15(11)12-5-3-10(9-27)4-6-12/h3-8H,2H2,1H3. The molecule has 0 atom stereocenters. The molecule has 0 heterocycles. The summed E-state index contributed by atoms with van der Waals surface area (Å²) >= 11 is 1.55. The lowest BCUT2D eigenvalue weighted by molar-refractivity contribution is -0.348. The largest absolute Gasteiger partial charge is 0.435 e. The first kappa shape index (κ1) is 21.5. The lowest BCUT2D eigenvalue weighted by Crippen LogP contribution is -2.50. The van der Waals surface area contributed by atoms with Crippen molar-refractivity contribution in [2.75, 3.05) is 0 Å². The van der Waals surface area contributed by atoms with Gasteiger partial charge in [0, 0.05) is 9.13 Å². The molecule has 2 rings (SSSR count). The fourth-order valence-corrected chi connectivity index (χ4v) is 3.42. The van der Waals surface area contributed by atoms with Crippen molar-refractivity contribution in [1.29, 1.82) is 5.26 Å². The summed E-state index contributed by atoms with van der Waals surface area (Å²) in [6.45, 7) is 1.55. The Labute approximate surface area is 163 Å². The minimum atomic E-state index is -6.21. The molecule has 144 valence electrons. The van der Waals surface area contributed by atoms with Gasteiger partial charge in [0.1, 0.15) is 0 Å². The molecule has 27 heavy (non-hydrogen) atoms. The lowest BCUT2D eigenvalue weighted by Gasteiger charge is -2.33. The topological polar surface area (TPSA) is 23.8 Å². The molecular formula is C18H11F7IN. The molecule has 0 amide bonds. The molecule has 0 saturated heterocycles. The summed E-state index contributed by atoms with van der Waals surface area (Å²) < 4.78 is 94.8. The number of rotatable bonds is 3. The summed E-state index contributed by atoms with van der Waals surface area (Å²) in [5.41, 5.74) is -7.24. The van der Waals surface area contributed by atoms with Gasteiger partial charge in [-0.2, -0.15) is 31.6 Å². The first-order valence-corrected chi connectivity index (χ1v) is 8.60. The zero-order chi connectivity index (χ0) is 20.6. The number of nitriles is 1. The maximum absolute atomic E-state index is 14.8. The smallest absolute Gasteiger partial charge is 0.218 e. The summed E-state index contributed by atoms with van der Waals surface area (Å²) in [6, 6.07) is 8.68. The van der Waals surface area contributed by atoms with Crippen LogP contribution in [0.15, 0.2) is 36.4 Å². The molecular weight excluding hydrogens is 490 g/mol. The van der Waals surface area contributed by atoms with Gasteiger partial charge >= 0.3 is 18.0 Å². The van der Waals surface area contributed by atoms with Crippen molar-refractivity contribution in [3.8, 4) is 17.2 Å². The normalized spacial score (nSPS) is 12.7. The predicted molar refractivity (Wildman–Crippen MR) is 93.6 cm³/mol. The number of benzene rings is 2. The molecule has 1 nitrogen and oxygen atoms in total. The van der Waals surface area contributed by atoms with Crippen molar-refractivity contribution in [2.24, 2.45) is 0 Å². The van der Waals surface area contributed by atoms with Crippen molar-refractivity contribution in [1.82, 2.24) is 0 Å². The molecule has 0 aliphatic rings. The average molecular weight is 501 g/mol. The van der Waals surface area contributed by atoms with Crippen molar-refractivity contribution in [2.45, 2.75) is 31.4 Å². The first-order chi connectivity index (χ1) is 12.4. The van der Waals surface area contributed by atoms with Crippen LogP contribution < -0.4 is 0 Å². The van der Waals surface area contributed by atoms with Crippen LogP contribution in [0.5, 0.6) is 0 Å². The second-order valence-corrected chi connectivity index (χ2v) is 6.93. The fourth-order valence-electron chi connectivity index (χ4n) is 2.73. The van der Waals surface area contributed by atoms with Gasteiger partial charge in [0.05, 0.1) is 11.6 Å². The second-order valence-electron chi connectivity index (χ2n) is 5.68. The highest BCUT2D eigenvalue weighted by molar-refractivity contribution is 14.1. The Morgan fingerprint density at radius 2 is 1.44 bits per heavy atom. The van der Waals surface area contributed by atoms with E-state index in [2.05, 4.69) is 0 Å². The van der Waals surface area contributed by atoms with E-state index >= 15 is 0 Å². The van der Waals surface area contributed by atoms with E-state index in [9.17, 15) is 30.7 Å². The van der Waals surface area contributed by atoms with Crippen molar-refractivity contribution < 1.29 is 30.7 Å². The fraction of sp³-hybridized carbons (Fsp3) is 0.278. The van der Waals surface area contributed by atoms with Gasteiger partial charge in [-0.25, -0.2) is 4.39 Å². The predicted octanol–water partition coefficient (Wildman–Crippen LogP) is 6.68. The molecule has 9 heteroatoms. The van der Waals surface area contributed by atoms with Crippen LogP contribution in [0, 0.1) is 14.9 Å². The number of hydrogen-bond donors (Lipinski definition) is 0. The highest BCUT2D eigenvalue weighted by atomic mass is 127. The van der Waals surface area contributed by atoms with Crippen LogP contribution in [0.4, 0.5) is 30.7 Å². The van der Waals surface area contributed by atoms with E-state index < -0.39 is 29.1 Å². The van der Waals surface area contributed by atoms with Gasteiger partial charge in [0.25, 0.3) is 0 Å². The highest BCUT2D eigenvalue weighted by Crippen LogP contribution is 2.56. The Morgan fingerprint density at radius 3 is 1.85 bits per heavy atom. The Hall–Kier alpha value is -1.83. The van der Waals surface area contributed by atoms with E-state index in [-0.39, 0.29) is 26.7 Å². The number of aryl methyl sites for hydroxylation is 1. The third-order valence-electron chi connectivity index (χ3n) is 4.02. The first-order valence-electron chi connectivity index (χ1n) is 7.52. The van der Waals surface area contributed by atoms with Gasteiger partial charge in [-0.05, 0) is 70.0 Å². The van der Waals surface area contributed by atoms with Crippen LogP contribution >= 0.6 is 22.6 Å². The van der Waals surface area contributed by atoms with Crippen LogP contribution in [-0.2, 0) is 12.1 Å². The summed E-state index contributed by atoms with van der Waals surface area (Å²) in [5.74, 6) is 0. The van der Waals surface area contributed by atoms with E-state index in [0.29, 0.717) is 6.07 Å². The molecule has 0 radical (unpaired) electrons. The Kier molecular flexibility index (Phi) is 5.80. The number of halogens is 8. The van der Waals surface area contributed by atoms with Gasteiger partial charge in [-0.15, -0.1) is 0 Å². The highest BCUT2D eigenvalue weighted by Gasteiger charge is 2.74. The summed E-state index contributed by atoms with van der Waals surface area (Å²) in [7, 11) is 0. The molecule has 2 aromatic carbocycles. The molecule has 0 saturated carbocycles. The van der Waals surface area contributed by atoms with Gasteiger partial charge in [-0.3, -0.25) is 0 Å². The van der Waals surface area contributed by atoms with Gasteiger partial charge in [-0.1, -0.05) is 19.1 Å². The van der Waals surface area contributed by atoms with Gasteiger partial charge in [0.2, 0.25) is 0 Å². The minimum absolute atomic E-state index is 0.0345. The monoisotopic (exact) mass is 501 g/mol. The third kappa shape index (κ3) is 3.77. The zero-order valence-electron chi connectivity index (χ0n) is 13.6. The van der Waals surface area contributed by atoms with Crippen molar-refractivity contribution in [3.05, 3.63) is 56.7 Å². The van der Waals surface area contributed by atoms with Crippen LogP contribution in [0.1, 0.15) is 23.6 Å². The zero-order valence-corrected chi connectivity index (χ0v) is 15.8. The lowest BCUT2D eigenvalue weighted by atomic mass is 9.83. The molecule has 0 unspecified atom stereocenters. The molecule has 0 spiro atoms. The molecule has 0 bridgehead atoms. The Bertz CT molecular complexity index is 863. The molecule has 0 aliphatic heterocycles. The molecule has 0 N–H and O–H groups in total. The molecule has 2 aromatic rings. The van der Waals surface area contributed by atoms with E-state index in [1.807, 2.05) is 0 Å². The van der Waals surface area contributed by atoms with Crippen molar-refractivity contribution >= 4 is 22.6 Å². The van der Waals surface area contributed by atoms with E-state index in [1.54, 1.807) is 35.6 Å². The number of hydrogen-bond acceptors (Lipinski definition) is 1. The Balaban J connectivity index is 2.94. The van der Waals surface area contributed by atoms with E-state index in [4.69, 9.17) is 5.26 Å². The SMILES string of the molecule is CCc1cc(I)cc(C(F)(C(F)(F)F)C(F)(F)F)c1-c1ccc(C#N)cc1. The van der Waals surface area contributed by atoms with E-state index in [1.165, 1.54) is 30.3 Å². The average Bonchev–Trinajstić information content (AvgIpc) is 2.58. The van der Waals surface area contributed by atoms with Gasteiger partial charge < -0.3 is 0 Å². The Morgan fingerprint density at radius 1 is 0.926 bits per heavy atom. The van der Waals surface area contributed by atoms with Gasteiger partial charge in [0.15, 0.2) is 0 Å². The van der Waals surface area contributed by atoms with Crippen LogP contribution in [0.25, 0.3) is 11.1 Å². The maximum Gasteiger partial charge on any atom is 0.435 e. The summed E-state index contributed by atoms with van der Waals surface area (Å²) in [5, 5.41) is 8.82. The number of alkyl halides is 7. The van der Waals surface area contributed by atoms with E-state index in [0.717, 1.165) is 0 Å².